The summed E-state index contributed by atoms with van der Waals surface area (Å²) in [4.78, 5) is 20.5. The fourth-order valence-corrected chi connectivity index (χ4v) is 0.754. The highest BCUT2D eigenvalue weighted by atomic mass is 35.5. The van der Waals surface area contributed by atoms with E-state index in [1.54, 1.807) is 0 Å². The first-order valence-electron chi connectivity index (χ1n) is 2.63. The lowest BCUT2D eigenvalue weighted by Crippen LogP contribution is -1.95. The molecule has 0 amide bonds. The Kier molecular flexibility index (Phi) is 1.96. The molecule has 1 rings (SSSR count). The van der Waals surface area contributed by atoms with Gasteiger partial charge in [-0.25, -0.2) is 9.59 Å². The largest absolute Gasteiger partial charge is 0.478 e. The van der Waals surface area contributed by atoms with Crippen LogP contribution < -0.4 is 0 Å². The molecule has 0 aromatic heterocycles. The Bertz CT molecular complexity index is 276. The fraction of sp³-hybridized carbons (Fsp3) is 0. The van der Waals surface area contributed by atoms with Gasteiger partial charge in [0.15, 0.2) is 5.76 Å². The molecule has 0 fully saturated rings. The molecule has 0 saturated carbocycles. The highest BCUT2D eigenvalue weighted by Crippen LogP contribution is 2.22. The first kappa shape index (κ1) is 7.81. The molecule has 0 aromatic rings. The molecular formula is C6H3ClO4. The zero-order chi connectivity index (χ0) is 8.43. The van der Waals surface area contributed by atoms with Gasteiger partial charge in [-0.3, -0.25) is 0 Å². The van der Waals surface area contributed by atoms with Crippen molar-refractivity contribution in [3.8, 4) is 0 Å². The van der Waals surface area contributed by atoms with E-state index >= 15 is 0 Å². The Labute approximate surface area is 66.7 Å². The van der Waals surface area contributed by atoms with Crippen LogP contribution in [0.2, 0.25) is 0 Å². The van der Waals surface area contributed by atoms with Gasteiger partial charge >= 0.3 is 11.9 Å². The Morgan fingerprint density at radius 1 is 1.73 bits per heavy atom. The number of hydrogen-bond acceptors (Lipinski definition) is 3. The van der Waals surface area contributed by atoms with Crippen LogP contribution in [0.3, 0.4) is 0 Å². The predicted molar refractivity (Wildman–Crippen MR) is 35.7 cm³/mol. The third kappa shape index (κ3) is 1.81. The molecule has 1 N–H and O–H groups in total. The second kappa shape index (κ2) is 2.75. The topological polar surface area (TPSA) is 63.6 Å². The molecule has 4 nitrogen and oxygen atoms in total. The molecular weight excluding hydrogens is 172 g/mol. The van der Waals surface area contributed by atoms with Crippen LogP contribution in [0.4, 0.5) is 0 Å². The number of rotatable bonds is 1. The van der Waals surface area contributed by atoms with Crippen molar-refractivity contribution in [2.45, 2.75) is 0 Å². The Balaban J connectivity index is 2.87. The number of aliphatic carboxylic acids is 1. The van der Waals surface area contributed by atoms with E-state index in [0.29, 0.717) is 0 Å². The highest BCUT2D eigenvalue weighted by Gasteiger charge is 2.18. The smallest absolute Gasteiger partial charge is 0.337 e. The van der Waals surface area contributed by atoms with Crippen molar-refractivity contribution in [3.05, 3.63) is 22.9 Å². The number of hydrogen-bond donors (Lipinski definition) is 1. The zero-order valence-electron chi connectivity index (χ0n) is 5.20. The Morgan fingerprint density at radius 3 is 2.73 bits per heavy atom. The Hall–Kier alpha value is -1.29. The molecule has 58 valence electrons. The van der Waals surface area contributed by atoms with Gasteiger partial charge in [-0.1, -0.05) is 11.6 Å². The van der Waals surface area contributed by atoms with Crippen LogP contribution in [0, 0.1) is 0 Å². The maximum Gasteiger partial charge on any atom is 0.337 e. The predicted octanol–water partition coefficient (Wildman–Crippen LogP) is 0.634. The Morgan fingerprint density at radius 2 is 2.36 bits per heavy atom. The number of halogens is 1. The second-order valence-corrected chi connectivity index (χ2v) is 2.17. The summed E-state index contributed by atoms with van der Waals surface area (Å²) in [6.45, 7) is 0. The minimum absolute atomic E-state index is 0.0115. The summed E-state index contributed by atoms with van der Waals surface area (Å²) < 4.78 is 4.40. The normalized spacial score (nSPS) is 19.9. The third-order valence-corrected chi connectivity index (χ3v) is 1.24. The van der Waals surface area contributed by atoms with Crippen LogP contribution in [-0.2, 0) is 14.3 Å². The fourth-order valence-electron chi connectivity index (χ4n) is 0.572. The molecule has 0 aromatic carbocycles. The summed E-state index contributed by atoms with van der Waals surface area (Å²) in [5, 5.41) is 8.24. The van der Waals surface area contributed by atoms with Crippen molar-refractivity contribution in [1.29, 1.82) is 0 Å². The molecule has 11 heavy (non-hydrogen) atoms. The van der Waals surface area contributed by atoms with E-state index in [1.165, 1.54) is 0 Å². The van der Waals surface area contributed by atoms with Gasteiger partial charge in [0.05, 0.1) is 11.1 Å². The lowest BCUT2D eigenvalue weighted by Gasteiger charge is -1.93. The molecule has 0 spiro atoms. The van der Waals surface area contributed by atoms with E-state index in [4.69, 9.17) is 16.7 Å². The van der Waals surface area contributed by atoms with Gasteiger partial charge < -0.3 is 9.84 Å². The van der Waals surface area contributed by atoms with Gasteiger partial charge in [-0.2, -0.15) is 0 Å². The van der Waals surface area contributed by atoms with Crippen molar-refractivity contribution < 1.29 is 19.4 Å². The van der Waals surface area contributed by atoms with E-state index in [1.807, 2.05) is 0 Å². The number of ether oxygens (including phenoxy) is 1. The molecule has 0 aliphatic carbocycles. The van der Waals surface area contributed by atoms with Crippen molar-refractivity contribution in [1.82, 2.24) is 0 Å². The number of cyclic esters (lactones) is 1. The maximum atomic E-state index is 10.4. The summed E-state index contributed by atoms with van der Waals surface area (Å²) >= 11 is 5.40. The average Bonchev–Trinajstić information content (AvgIpc) is 2.09. The lowest BCUT2D eigenvalue weighted by atomic mass is 10.4. The van der Waals surface area contributed by atoms with Crippen molar-refractivity contribution >= 4 is 23.5 Å². The van der Waals surface area contributed by atoms with Crippen molar-refractivity contribution in [2.75, 3.05) is 0 Å². The van der Waals surface area contributed by atoms with Crippen LogP contribution in [0.15, 0.2) is 22.9 Å². The summed E-state index contributed by atoms with van der Waals surface area (Å²) in [5.41, 5.74) is 0. The van der Waals surface area contributed by atoms with Crippen LogP contribution in [-0.4, -0.2) is 17.0 Å². The van der Waals surface area contributed by atoms with Crippen LogP contribution in [0.5, 0.6) is 0 Å². The summed E-state index contributed by atoms with van der Waals surface area (Å²) in [7, 11) is 0. The summed E-state index contributed by atoms with van der Waals surface area (Å²) in [6, 6.07) is 0. The molecule has 0 radical (unpaired) electrons. The molecule has 0 bridgehead atoms. The van der Waals surface area contributed by atoms with Gasteiger partial charge in [0.1, 0.15) is 0 Å². The van der Waals surface area contributed by atoms with E-state index in [9.17, 15) is 9.59 Å². The maximum absolute atomic E-state index is 10.4. The second-order valence-electron chi connectivity index (χ2n) is 1.76. The molecule has 0 atom stereocenters. The molecule has 0 saturated heterocycles. The van der Waals surface area contributed by atoms with E-state index in [2.05, 4.69) is 4.74 Å². The number of carboxylic acids is 1. The first-order valence-corrected chi connectivity index (χ1v) is 3.01. The molecule has 5 heteroatoms. The standard InChI is InChI=1S/C6H3ClO4/c7-3-1-6(10)11-4(3)2-5(8)9/h1-2H,(H,8,9)/b4-2-. The van der Waals surface area contributed by atoms with Crippen LogP contribution in [0.25, 0.3) is 0 Å². The number of carbonyl (C=O) groups is 2. The molecule has 1 aliphatic heterocycles. The average molecular weight is 175 g/mol. The number of carboxylic acid groups (broad SMARTS) is 1. The summed E-state index contributed by atoms with van der Waals surface area (Å²) in [6.07, 6.45) is 1.74. The number of esters is 1. The van der Waals surface area contributed by atoms with Crippen LogP contribution in [0.1, 0.15) is 0 Å². The minimum Gasteiger partial charge on any atom is -0.478 e. The highest BCUT2D eigenvalue weighted by molar-refractivity contribution is 6.34. The SMILES string of the molecule is O=C(O)/C=C1\OC(=O)C=C1Cl. The van der Waals surface area contributed by atoms with Gasteiger partial charge in [0.25, 0.3) is 0 Å². The minimum atomic E-state index is -1.21. The molecule has 1 aliphatic rings. The quantitative estimate of drug-likeness (QED) is 0.468. The van der Waals surface area contributed by atoms with Gasteiger partial charge in [-0.15, -0.1) is 0 Å². The monoisotopic (exact) mass is 174 g/mol. The third-order valence-electron chi connectivity index (χ3n) is 0.945. The number of carbonyl (C=O) groups excluding carboxylic acids is 1. The zero-order valence-corrected chi connectivity index (χ0v) is 5.96. The summed E-state index contributed by atoms with van der Waals surface area (Å²) in [5.74, 6) is -1.98. The van der Waals surface area contributed by atoms with Crippen molar-refractivity contribution in [3.63, 3.8) is 0 Å². The first-order chi connectivity index (χ1) is 5.09. The van der Waals surface area contributed by atoms with Crippen molar-refractivity contribution in [2.24, 2.45) is 0 Å². The molecule has 0 unspecified atom stereocenters. The molecule has 1 heterocycles. The van der Waals surface area contributed by atoms with Gasteiger partial charge in [0, 0.05) is 6.08 Å². The van der Waals surface area contributed by atoms with Gasteiger partial charge in [0.2, 0.25) is 0 Å². The lowest BCUT2D eigenvalue weighted by molar-refractivity contribution is -0.132. The van der Waals surface area contributed by atoms with Gasteiger partial charge in [-0.05, 0) is 0 Å². The number of allylic oxidation sites excluding steroid dienone is 1. The van der Waals surface area contributed by atoms with E-state index in [-0.39, 0.29) is 10.8 Å². The van der Waals surface area contributed by atoms with Crippen LogP contribution >= 0.6 is 11.6 Å². The van der Waals surface area contributed by atoms with E-state index < -0.39 is 11.9 Å². The van der Waals surface area contributed by atoms with E-state index in [0.717, 1.165) is 12.2 Å².